The van der Waals surface area contributed by atoms with Gasteiger partial charge in [-0.3, -0.25) is 14.9 Å². The Morgan fingerprint density at radius 1 is 1.61 bits per heavy atom. The molecule has 98 valence electrons. The number of hydrogen-bond acceptors (Lipinski definition) is 5. The fraction of sp³-hybridized carbons (Fsp3) is 0.545. The van der Waals surface area contributed by atoms with Gasteiger partial charge in [0.2, 0.25) is 0 Å². The van der Waals surface area contributed by atoms with Gasteiger partial charge in [-0.05, 0) is 32.4 Å². The second-order valence-electron chi connectivity index (χ2n) is 4.36. The molecule has 2 N–H and O–H groups in total. The monoisotopic (exact) mass is 269 g/mol. The molecule has 18 heavy (non-hydrogen) atoms. The molecule has 0 radical (unpaired) electrons. The molecule has 2 heterocycles. The number of nitrogens with one attached hydrogen (secondary N) is 2. The van der Waals surface area contributed by atoms with E-state index in [2.05, 4.69) is 10.6 Å². The summed E-state index contributed by atoms with van der Waals surface area (Å²) in [6, 6.07) is 3.19. The molecule has 1 aromatic heterocycles. The predicted molar refractivity (Wildman–Crippen MR) is 68.9 cm³/mol. The van der Waals surface area contributed by atoms with E-state index >= 15 is 0 Å². The van der Waals surface area contributed by atoms with Crippen molar-refractivity contribution in [1.29, 1.82) is 0 Å². The molecular weight excluding hydrogens is 254 g/mol. The molecule has 0 spiro atoms. The Labute approximate surface area is 109 Å². The summed E-state index contributed by atoms with van der Waals surface area (Å²) in [5.41, 5.74) is 0. The highest BCUT2D eigenvalue weighted by atomic mass is 32.1. The highest BCUT2D eigenvalue weighted by molar-refractivity contribution is 7.17. The minimum atomic E-state index is -0.480. The van der Waals surface area contributed by atoms with Crippen molar-refractivity contribution >= 4 is 22.2 Å². The fourth-order valence-electron chi connectivity index (χ4n) is 2.03. The number of rotatable bonds is 3. The van der Waals surface area contributed by atoms with E-state index in [-0.39, 0.29) is 23.0 Å². The van der Waals surface area contributed by atoms with Crippen LogP contribution in [-0.2, 0) is 0 Å². The molecule has 2 unspecified atom stereocenters. The second kappa shape index (κ2) is 5.45. The van der Waals surface area contributed by atoms with Gasteiger partial charge in [-0.1, -0.05) is 11.3 Å². The number of nitrogens with zero attached hydrogens (tertiary/aromatic N) is 1. The van der Waals surface area contributed by atoms with Crippen LogP contribution < -0.4 is 10.6 Å². The van der Waals surface area contributed by atoms with Crippen LogP contribution in [-0.4, -0.2) is 29.5 Å². The third kappa shape index (κ3) is 2.85. The van der Waals surface area contributed by atoms with Crippen LogP contribution >= 0.6 is 11.3 Å². The van der Waals surface area contributed by atoms with Gasteiger partial charge in [0.15, 0.2) is 0 Å². The molecule has 2 rings (SSSR count). The van der Waals surface area contributed by atoms with Crippen LogP contribution in [0.4, 0.5) is 5.00 Å². The maximum Gasteiger partial charge on any atom is 0.324 e. The van der Waals surface area contributed by atoms with Crippen molar-refractivity contribution in [3.63, 3.8) is 0 Å². The molecule has 1 aliphatic heterocycles. The van der Waals surface area contributed by atoms with Gasteiger partial charge in [-0.2, -0.15) is 0 Å². The quantitative estimate of drug-likeness (QED) is 0.643. The summed E-state index contributed by atoms with van der Waals surface area (Å²) >= 11 is 0.907. The standard InChI is InChI=1S/C11H15N3O3S/c1-7-8(3-2-6-12-7)13-11(15)9-4-5-10(18-9)14(16)17/h4-5,7-8,12H,2-3,6H2,1H3,(H,13,15). The van der Waals surface area contributed by atoms with Gasteiger partial charge in [0.05, 0.1) is 9.80 Å². The zero-order valence-corrected chi connectivity index (χ0v) is 10.8. The molecule has 2 atom stereocenters. The molecular formula is C11H15N3O3S. The molecule has 0 aromatic carbocycles. The Morgan fingerprint density at radius 2 is 2.39 bits per heavy atom. The maximum absolute atomic E-state index is 11.9. The number of thiophene rings is 1. The smallest absolute Gasteiger partial charge is 0.324 e. The summed E-state index contributed by atoms with van der Waals surface area (Å²) in [4.78, 5) is 22.4. The number of carbonyl (C=O) groups is 1. The Bertz CT molecular complexity index is 460. The van der Waals surface area contributed by atoms with Crippen LogP contribution in [0.3, 0.4) is 0 Å². The van der Waals surface area contributed by atoms with Crippen molar-refractivity contribution in [3.05, 3.63) is 27.1 Å². The number of amides is 1. The van der Waals surface area contributed by atoms with Gasteiger partial charge in [-0.15, -0.1) is 0 Å². The van der Waals surface area contributed by atoms with Gasteiger partial charge in [0.25, 0.3) is 5.91 Å². The van der Waals surface area contributed by atoms with Crippen molar-refractivity contribution in [3.8, 4) is 0 Å². The average molecular weight is 269 g/mol. The van der Waals surface area contributed by atoms with Gasteiger partial charge in [-0.25, -0.2) is 0 Å². The van der Waals surface area contributed by atoms with Gasteiger partial charge in [0, 0.05) is 18.2 Å². The van der Waals surface area contributed by atoms with Crippen LogP contribution in [0.1, 0.15) is 29.4 Å². The second-order valence-corrected chi connectivity index (χ2v) is 5.42. The molecule has 1 aromatic rings. The van der Waals surface area contributed by atoms with E-state index in [0.717, 1.165) is 30.7 Å². The normalized spacial score (nSPS) is 23.6. The molecule has 1 aliphatic rings. The van der Waals surface area contributed by atoms with Crippen molar-refractivity contribution in [2.45, 2.75) is 31.8 Å². The first-order valence-electron chi connectivity index (χ1n) is 5.86. The lowest BCUT2D eigenvalue weighted by atomic mass is 10.00. The number of hydrogen-bond donors (Lipinski definition) is 2. The summed E-state index contributed by atoms with van der Waals surface area (Å²) in [6.07, 6.45) is 1.97. The lowest BCUT2D eigenvalue weighted by molar-refractivity contribution is -0.380. The third-order valence-electron chi connectivity index (χ3n) is 3.07. The van der Waals surface area contributed by atoms with Gasteiger partial charge in [0.1, 0.15) is 0 Å². The minimum absolute atomic E-state index is 0.00466. The molecule has 1 amide bonds. The molecule has 0 bridgehead atoms. The number of piperidine rings is 1. The Morgan fingerprint density at radius 3 is 3.00 bits per heavy atom. The molecule has 1 saturated heterocycles. The average Bonchev–Trinajstić information content (AvgIpc) is 2.81. The zero-order valence-electron chi connectivity index (χ0n) is 10.0. The van der Waals surface area contributed by atoms with E-state index in [1.807, 2.05) is 6.92 Å². The van der Waals surface area contributed by atoms with E-state index in [0.29, 0.717) is 4.88 Å². The molecule has 7 heteroatoms. The summed E-state index contributed by atoms with van der Waals surface area (Å²) in [6.45, 7) is 3.00. The topological polar surface area (TPSA) is 84.3 Å². The van der Waals surface area contributed by atoms with E-state index in [9.17, 15) is 14.9 Å². The molecule has 0 aliphatic carbocycles. The summed E-state index contributed by atoms with van der Waals surface area (Å²) in [5.74, 6) is -0.228. The minimum Gasteiger partial charge on any atom is -0.347 e. The van der Waals surface area contributed by atoms with Gasteiger partial charge >= 0.3 is 5.00 Å². The molecule has 0 saturated carbocycles. The lowest BCUT2D eigenvalue weighted by Crippen LogP contribution is -2.51. The van der Waals surface area contributed by atoms with E-state index in [4.69, 9.17) is 0 Å². The summed E-state index contributed by atoms with van der Waals surface area (Å²) in [5, 5.41) is 16.8. The Kier molecular flexibility index (Phi) is 3.93. The predicted octanol–water partition coefficient (Wildman–Crippen LogP) is 1.53. The number of carbonyl (C=O) groups excluding carboxylic acids is 1. The first kappa shape index (κ1) is 13.0. The highest BCUT2D eigenvalue weighted by Crippen LogP contribution is 2.24. The van der Waals surface area contributed by atoms with Crippen LogP contribution in [0.25, 0.3) is 0 Å². The van der Waals surface area contributed by atoms with Crippen LogP contribution in [0, 0.1) is 10.1 Å². The van der Waals surface area contributed by atoms with Crippen molar-refractivity contribution < 1.29 is 9.72 Å². The summed E-state index contributed by atoms with van der Waals surface area (Å²) < 4.78 is 0. The van der Waals surface area contributed by atoms with Crippen molar-refractivity contribution in [1.82, 2.24) is 10.6 Å². The van der Waals surface area contributed by atoms with Gasteiger partial charge < -0.3 is 10.6 Å². The van der Waals surface area contributed by atoms with E-state index in [1.165, 1.54) is 12.1 Å². The Balaban J connectivity index is 2.00. The molecule has 6 nitrogen and oxygen atoms in total. The maximum atomic E-state index is 11.9. The molecule has 1 fully saturated rings. The van der Waals surface area contributed by atoms with Crippen LogP contribution in [0.15, 0.2) is 12.1 Å². The fourth-order valence-corrected chi connectivity index (χ4v) is 2.75. The first-order valence-corrected chi connectivity index (χ1v) is 6.68. The van der Waals surface area contributed by atoms with E-state index in [1.54, 1.807) is 0 Å². The van der Waals surface area contributed by atoms with E-state index < -0.39 is 4.92 Å². The van der Waals surface area contributed by atoms with Crippen LogP contribution in [0.5, 0.6) is 0 Å². The van der Waals surface area contributed by atoms with Crippen molar-refractivity contribution in [2.24, 2.45) is 0 Å². The first-order chi connectivity index (χ1) is 8.58. The number of nitro groups is 1. The third-order valence-corrected chi connectivity index (χ3v) is 4.11. The Hall–Kier alpha value is -1.47. The lowest BCUT2D eigenvalue weighted by Gasteiger charge is -2.30. The zero-order chi connectivity index (χ0) is 13.1. The largest absolute Gasteiger partial charge is 0.347 e. The van der Waals surface area contributed by atoms with Crippen molar-refractivity contribution in [2.75, 3.05) is 6.54 Å². The van der Waals surface area contributed by atoms with Crippen LogP contribution in [0.2, 0.25) is 0 Å². The SMILES string of the molecule is CC1NCCCC1NC(=O)c1ccc([N+](=O)[O-])s1. The highest BCUT2D eigenvalue weighted by Gasteiger charge is 2.24. The summed E-state index contributed by atoms with van der Waals surface area (Å²) in [7, 11) is 0.